The molecule has 2 aliphatic heterocycles. The summed E-state index contributed by atoms with van der Waals surface area (Å²) in [5, 5.41) is 3.20. The number of methoxy groups -OCH3 is 1. The van der Waals surface area contributed by atoms with Crippen LogP contribution in [-0.2, 0) is 22.6 Å². The number of fused-ring (bicyclic) bond motifs is 1. The van der Waals surface area contributed by atoms with Gasteiger partial charge in [-0.15, -0.1) is 0 Å². The largest absolute Gasteiger partial charge is 0.461 e. The SMILES string of the molecule is COCCOc1ncc2c(n1)N(Cc1ccc(CN3CCC3)cc1)COCN2. The molecule has 1 aromatic carbocycles. The van der Waals surface area contributed by atoms with Crippen molar-refractivity contribution >= 4 is 11.5 Å². The molecule has 2 aliphatic rings. The lowest BCUT2D eigenvalue weighted by Crippen LogP contribution is -2.36. The van der Waals surface area contributed by atoms with Gasteiger partial charge in [0.2, 0.25) is 0 Å². The minimum atomic E-state index is 0.342. The van der Waals surface area contributed by atoms with E-state index in [9.17, 15) is 0 Å². The molecule has 3 heterocycles. The van der Waals surface area contributed by atoms with Crippen molar-refractivity contribution in [2.24, 2.45) is 0 Å². The maximum absolute atomic E-state index is 5.68. The van der Waals surface area contributed by atoms with E-state index in [-0.39, 0.29) is 0 Å². The third-order valence-corrected chi connectivity index (χ3v) is 4.93. The number of aromatic nitrogens is 2. The molecule has 1 saturated heterocycles. The molecule has 0 aliphatic carbocycles. The van der Waals surface area contributed by atoms with E-state index in [2.05, 4.69) is 49.4 Å². The Morgan fingerprint density at radius 1 is 1.11 bits per heavy atom. The Labute approximate surface area is 165 Å². The van der Waals surface area contributed by atoms with Crippen LogP contribution in [0.4, 0.5) is 11.5 Å². The topological polar surface area (TPSA) is 72.0 Å². The number of hydrogen-bond donors (Lipinski definition) is 1. The van der Waals surface area contributed by atoms with E-state index < -0.39 is 0 Å². The Morgan fingerprint density at radius 2 is 1.89 bits per heavy atom. The fraction of sp³-hybridized carbons (Fsp3) is 0.500. The number of benzene rings is 1. The second-order valence-corrected chi connectivity index (χ2v) is 7.03. The zero-order valence-corrected chi connectivity index (χ0v) is 16.3. The van der Waals surface area contributed by atoms with Gasteiger partial charge in [0, 0.05) is 20.2 Å². The Bertz CT molecular complexity index is 767. The molecular weight excluding hydrogens is 358 g/mol. The minimum Gasteiger partial charge on any atom is -0.461 e. The summed E-state index contributed by atoms with van der Waals surface area (Å²) in [4.78, 5) is 13.4. The summed E-state index contributed by atoms with van der Waals surface area (Å²) in [5.41, 5.74) is 3.41. The van der Waals surface area contributed by atoms with Crippen molar-refractivity contribution in [1.29, 1.82) is 0 Å². The van der Waals surface area contributed by atoms with Crippen LogP contribution in [0.1, 0.15) is 17.5 Å². The van der Waals surface area contributed by atoms with E-state index in [0.29, 0.717) is 39.2 Å². The molecule has 0 atom stereocenters. The van der Waals surface area contributed by atoms with E-state index >= 15 is 0 Å². The van der Waals surface area contributed by atoms with Gasteiger partial charge in [-0.3, -0.25) is 4.90 Å². The lowest BCUT2D eigenvalue weighted by molar-refractivity contribution is 0.140. The third-order valence-electron chi connectivity index (χ3n) is 4.93. The molecule has 1 fully saturated rings. The highest BCUT2D eigenvalue weighted by Gasteiger charge is 2.19. The highest BCUT2D eigenvalue weighted by atomic mass is 16.5. The predicted molar refractivity (Wildman–Crippen MR) is 106 cm³/mol. The van der Waals surface area contributed by atoms with Crippen molar-refractivity contribution in [2.45, 2.75) is 19.5 Å². The second kappa shape index (κ2) is 9.18. The van der Waals surface area contributed by atoms with Crippen molar-refractivity contribution in [3.05, 3.63) is 41.6 Å². The summed E-state index contributed by atoms with van der Waals surface area (Å²) < 4.78 is 16.3. The number of nitrogens with one attached hydrogen (secondary N) is 1. The first kappa shape index (κ1) is 18.9. The molecule has 0 amide bonds. The van der Waals surface area contributed by atoms with Crippen molar-refractivity contribution in [3.63, 3.8) is 0 Å². The van der Waals surface area contributed by atoms with Gasteiger partial charge in [-0.1, -0.05) is 24.3 Å². The van der Waals surface area contributed by atoms with Crippen LogP contribution in [0.15, 0.2) is 30.5 Å². The summed E-state index contributed by atoms with van der Waals surface area (Å²) >= 11 is 0. The van der Waals surface area contributed by atoms with Gasteiger partial charge in [-0.05, 0) is 30.6 Å². The number of rotatable bonds is 8. The highest BCUT2D eigenvalue weighted by Crippen LogP contribution is 2.28. The number of ether oxygens (including phenoxy) is 3. The molecule has 28 heavy (non-hydrogen) atoms. The van der Waals surface area contributed by atoms with E-state index in [4.69, 9.17) is 14.2 Å². The van der Waals surface area contributed by atoms with Gasteiger partial charge in [-0.2, -0.15) is 4.98 Å². The van der Waals surface area contributed by atoms with Crippen LogP contribution in [0, 0.1) is 0 Å². The van der Waals surface area contributed by atoms with Crippen molar-refractivity contribution in [3.8, 4) is 6.01 Å². The van der Waals surface area contributed by atoms with Gasteiger partial charge in [0.15, 0.2) is 5.82 Å². The molecule has 1 aromatic heterocycles. The van der Waals surface area contributed by atoms with E-state index in [1.165, 1.54) is 30.6 Å². The van der Waals surface area contributed by atoms with Gasteiger partial charge >= 0.3 is 6.01 Å². The van der Waals surface area contributed by atoms with Crippen LogP contribution in [0.3, 0.4) is 0 Å². The number of hydrogen-bond acceptors (Lipinski definition) is 8. The monoisotopic (exact) mass is 385 g/mol. The molecule has 8 heteroatoms. The Balaban J connectivity index is 1.45. The highest BCUT2D eigenvalue weighted by molar-refractivity contribution is 5.65. The number of nitrogens with zero attached hydrogens (tertiary/aromatic N) is 4. The smallest absolute Gasteiger partial charge is 0.318 e. The fourth-order valence-corrected chi connectivity index (χ4v) is 3.24. The summed E-state index contributed by atoms with van der Waals surface area (Å²) in [6.45, 7) is 5.95. The van der Waals surface area contributed by atoms with Gasteiger partial charge in [0.25, 0.3) is 0 Å². The van der Waals surface area contributed by atoms with E-state index in [1.54, 1.807) is 13.3 Å². The number of likely N-dealkylation sites (tertiary alicyclic amines) is 1. The average Bonchev–Trinajstić information content (AvgIpc) is 2.88. The first-order valence-electron chi connectivity index (χ1n) is 9.67. The molecule has 4 rings (SSSR count). The summed E-state index contributed by atoms with van der Waals surface area (Å²) in [5.74, 6) is 0.782. The summed E-state index contributed by atoms with van der Waals surface area (Å²) in [6.07, 6.45) is 3.06. The lowest BCUT2D eigenvalue weighted by atomic mass is 10.1. The van der Waals surface area contributed by atoms with Gasteiger partial charge in [-0.25, -0.2) is 4.98 Å². The van der Waals surface area contributed by atoms with Crippen LogP contribution in [0.2, 0.25) is 0 Å². The summed E-state index contributed by atoms with van der Waals surface area (Å²) in [7, 11) is 1.64. The summed E-state index contributed by atoms with van der Waals surface area (Å²) in [6, 6.07) is 9.14. The standard InChI is InChI=1S/C20H27N5O3/c1-26-9-10-28-20-21-11-18-19(23-20)25(15-27-14-22-18)13-17-5-3-16(4-6-17)12-24-7-2-8-24/h3-6,11,22H,2,7-10,12-15H2,1H3. The van der Waals surface area contributed by atoms with Crippen LogP contribution in [0.5, 0.6) is 6.01 Å². The van der Waals surface area contributed by atoms with Crippen LogP contribution in [0.25, 0.3) is 0 Å². The maximum atomic E-state index is 5.68. The molecule has 2 aromatic rings. The zero-order valence-electron chi connectivity index (χ0n) is 16.3. The average molecular weight is 385 g/mol. The third kappa shape index (κ3) is 4.70. The van der Waals surface area contributed by atoms with Crippen LogP contribution < -0.4 is 15.0 Å². The second-order valence-electron chi connectivity index (χ2n) is 7.03. The molecule has 0 radical (unpaired) electrons. The van der Waals surface area contributed by atoms with Crippen molar-refractivity contribution < 1.29 is 14.2 Å². The Morgan fingerprint density at radius 3 is 2.61 bits per heavy atom. The maximum Gasteiger partial charge on any atom is 0.318 e. The Hall–Kier alpha value is -2.42. The van der Waals surface area contributed by atoms with E-state index in [1.807, 2.05) is 0 Å². The van der Waals surface area contributed by atoms with Crippen LogP contribution >= 0.6 is 0 Å². The minimum absolute atomic E-state index is 0.342. The molecule has 0 bridgehead atoms. The first-order valence-corrected chi connectivity index (χ1v) is 9.67. The normalized spacial score (nSPS) is 16.7. The lowest BCUT2D eigenvalue weighted by Gasteiger charge is -2.30. The molecule has 8 nitrogen and oxygen atoms in total. The van der Waals surface area contributed by atoms with Crippen LogP contribution in [-0.4, -0.2) is 61.7 Å². The van der Waals surface area contributed by atoms with E-state index in [0.717, 1.165) is 18.1 Å². The molecule has 0 spiro atoms. The molecular formula is C20H27N5O3. The molecule has 0 unspecified atom stereocenters. The Kier molecular flexibility index (Phi) is 6.20. The van der Waals surface area contributed by atoms with Crippen molar-refractivity contribution in [2.75, 3.05) is 57.1 Å². The zero-order chi connectivity index (χ0) is 19.2. The van der Waals surface area contributed by atoms with Gasteiger partial charge < -0.3 is 24.4 Å². The molecule has 150 valence electrons. The van der Waals surface area contributed by atoms with Gasteiger partial charge in [0.1, 0.15) is 20.1 Å². The predicted octanol–water partition coefficient (Wildman–Crippen LogP) is 2.07. The quantitative estimate of drug-likeness (QED) is 0.693. The van der Waals surface area contributed by atoms with Crippen molar-refractivity contribution in [1.82, 2.24) is 14.9 Å². The first-order chi connectivity index (χ1) is 13.8. The molecule has 0 saturated carbocycles. The van der Waals surface area contributed by atoms with Gasteiger partial charge in [0.05, 0.1) is 18.5 Å². The number of anilines is 2. The fourth-order valence-electron chi connectivity index (χ4n) is 3.24. The molecule has 1 N–H and O–H groups in total.